The van der Waals surface area contributed by atoms with Gasteiger partial charge >= 0.3 is 0 Å². The van der Waals surface area contributed by atoms with Crippen LogP contribution >= 0.6 is 23.4 Å². The third-order valence-electron chi connectivity index (χ3n) is 3.07. The van der Waals surface area contributed by atoms with E-state index in [4.69, 9.17) is 17.3 Å². The van der Waals surface area contributed by atoms with E-state index in [1.54, 1.807) is 17.8 Å². The third-order valence-corrected chi connectivity index (χ3v) is 4.04. The molecule has 0 saturated carbocycles. The van der Waals surface area contributed by atoms with E-state index in [1.165, 1.54) is 16.0 Å². The summed E-state index contributed by atoms with van der Waals surface area (Å²) >= 11 is 7.80. The molecule has 0 bridgehead atoms. The van der Waals surface area contributed by atoms with Crippen LogP contribution in [-0.4, -0.2) is 6.26 Å². The van der Waals surface area contributed by atoms with Crippen LogP contribution in [0.3, 0.4) is 0 Å². The summed E-state index contributed by atoms with van der Waals surface area (Å²) < 4.78 is 0. The highest BCUT2D eigenvalue weighted by Crippen LogP contribution is 2.25. The van der Waals surface area contributed by atoms with Crippen molar-refractivity contribution in [3.8, 4) is 0 Å². The molecule has 94 valence electrons. The fourth-order valence-corrected chi connectivity index (χ4v) is 2.56. The van der Waals surface area contributed by atoms with Gasteiger partial charge in [-0.05, 0) is 60.6 Å². The zero-order chi connectivity index (χ0) is 13.1. The van der Waals surface area contributed by atoms with E-state index >= 15 is 0 Å². The molecule has 1 nitrogen and oxygen atoms in total. The molecule has 0 aromatic heterocycles. The average molecular weight is 278 g/mol. The molecule has 0 aliphatic carbocycles. The highest BCUT2D eigenvalue weighted by atomic mass is 35.5. The molecule has 0 aliphatic heterocycles. The highest BCUT2D eigenvalue weighted by Gasteiger charge is 2.05. The van der Waals surface area contributed by atoms with Gasteiger partial charge in [0.25, 0.3) is 0 Å². The number of hydrogen-bond acceptors (Lipinski definition) is 2. The second-order valence-electron chi connectivity index (χ2n) is 4.30. The van der Waals surface area contributed by atoms with Crippen molar-refractivity contribution in [2.24, 2.45) is 0 Å². The summed E-state index contributed by atoms with van der Waals surface area (Å²) in [6.07, 6.45) is 2.95. The Kier molecular flexibility index (Phi) is 4.20. The maximum Gasteiger partial charge on any atom is 0.0429 e. The Hall–Kier alpha value is -1.12. The smallest absolute Gasteiger partial charge is 0.0429 e. The maximum atomic E-state index is 6.05. The monoisotopic (exact) mass is 277 g/mol. The van der Waals surface area contributed by atoms with E-state index in [-0.39, 0.29) is 0 Å². The van der Waals surface area contributed by atoms with E-state index in [0.717, 1.165) is 17.7 Å². The van der Waals surface area contributed by atoms with Crippen molar-refractivity contribution in [2.75, 3.05) is 12.0 Å². The Morgan fingerprint density at radius 2 is 1.83 bits per heavy atom. The van der Waals surface area contributed by atoms with Gasteiger partial charge in [0.05, 0.1) is 0 Å². The number of anilines is 1. The Morgan fingerprint density at radius 3 is 2.44 bits per heavy atom. The first kappa shape index (κ1) is 13.3. The van der Waals surface area contributed by atoms with E-state index in [0.29, 0.717) is 5.02 Å². The van der Waals surface area contributed by atoms with Crippen LogP contribution in [0.15, 0.2) is 41.3 Å². The van der Waals surface area contributed by atoms with Gasteiger partial charge in [0.15, 0.2) is 0 Å². The molecule has 2 aromatic carbocycles. The SMILES string of the molecule is CSc1ccc(Cc2cc(Cl)cc(N)c2C)cc1. The fourth-order valence-electron chi connectivity index (χ4n) is 1.91. The van der Waals surface area contributed by atoms with E-state index in [9.17, 15) is 0 Å². The Bertz CT molecular complexity index is 549. The van der Waals surface area contributed by atoms with Crippen LogP contribution in [0.25, 0.3) is 0 Å². The van der Waals surface area contributed by atoms with Crippen LogP contribution in [0, 0.1) is 6.92 Å². The number of nitrogens with two attached hydrogens (primary N) is 1. The number of nitrogen functional groups attached to an aromatic ring is 1. The van der Waals surface area contributed by atoms with Crippen LogP contribution in [0.5, 0.6) is 0 Å². The van der Waals surface area contributed by atoms with Gasteiger partial charge < -0.3 is 5.73 Å². The first-order valence-corrected chi connectivity index (χ1v) is 7.38. The molecule has 2 N–H and O–H groups in total. The third kappa shape index (κ3) is 3.01. The van der Waals surface area contributed by atoms with Crippen molar-refractivity contribution >= 4 is 29.1 Å². The minimum atomic E-state index is 0.703. The minimum absolute atomic E-state index is 0.703. The van der Waals surface area contributed by atoms with E-state index in [2.05, 4.69) is 30.5 Å². The summed E-state index contributed by atoms with van der Waals surface area (Å²) in [5.41, 5.74) is 10.3. The Morgan fingerprint density at radius 1 is 1.17 bits per heavy atom. The molecule has 2 aromatic rings. The van der Waals surface area contributed by atoms with Crippen molar-refractivity contribution in [3.63, 3.8) is 0 Å². The van der Waals surface area contributed by atoms with Gasteiger partial charge in [-0.1, -0.05) is 23.7 Å². The molecular formula is C15H16ClNS. The van der Waals surface area contributed by atoms with Gasteiger partial charge in [0.2, 0.25) is 0 Å². The normalized spacial score (nSPS) is 10.6. The Labute approximate surface area is 117 Å². The number of halogens is 1. The van der Waals surface area contributed by atoms with E-state index < -0.39 is 0 Å². The van der Waals surface area contributed by atoms with Gasteiger partial charge in [0, 0.05) is 15.6 Å². The molecular weight excluding hydrogens is 262 g/mol. The van der Waals surface area contributed by atoms with Crippen molar-refractivity contribution in [1.29, 1.82) is 0 Å². The van der Waals surface area contributed by atoms with Gasteiger partial charge in [0.1, 0.15) is 0 Å². The van der Waals surface area contributed by atoms with Crippen LogP contribution in [0.2, 0.25) is 5.02 Å². The van der Waals surface area contributed by atoms with Gasteiger partial charge in [-0.15, -0.1) is 11.8 Å². The molecule has 0 heterocycles. The van der Waals surface area contributed by atoms with Gasteiger partial charge in [-0.25, -0.2) is 0 Å². The molecule has 18 heavy (non-hydrogen) atoms. The second kappa shape index (κ2) is 5.68. The molecule has 0 unspecified atom stereocenters. The van der Waals surface area contributed by atoms with Crippen molar-refractivity contribution in [1.82, 2.24) is 0 Å². The molecule has 0 aliphatic rings. The molecule has 0 spiro atoms. The highest BCUT2D eigenvalue weighted by molar-refractivity contribution is 7.98. The zero-order valence-corrected chi connectivity index (χ0v) is 12.1. The number of benzene rings is 2. The van der Waals surface area contributed by atoms with Crippen molar-refractivity contribution in [2.45, 2.75) is 18.2 Å². The predicted octanol–water partition coefficient (Wildman–Crippen LogP) is 4.54. The first-order valence-electron chi connectivity index (χ1n) is 5.77. The molecule has 3 heteroatoms. The largest absolute Gasteiger partial charge is 0.398 e. The number of rotatable bonds is 3. The lowest BCUT2D eigenvalue weighted by Gasteiger charge is -2.10. The maximum absolute atomic E-state index is 6.05. The quantitative estimate of drug-likeness (QED) is 0.658. The lowest BCUT2D eigenvalue weighted by atomic mass is 9.99. The summed E-state index contributed by atoms with van der Waals surface area (Å²) in [7, 11) is 0. The summed E-state index contributed by atoms with van der Waals surface area (Å²) in [6, 6.07) is 12.4. The molecule has 2 rings (SSSR count). The fraction of sp³-hybridized carbons (Fsp3) is 0.200. The van der Waals surface area contributed by atoms with Crippen LogP contribution < -0.4 is 5.73 Å². The molecule has 0 fully saturated rings. The van der Waals surface area contributed by atoms with Crippen LogP contribution in [-0.2, 0) is 6.42 Å². The van der Waals surface area contributed by atoms with Crippen molar-refractivity contribution < 1.29 is 0 Å². The summed E-state index contributed by atoms with van der Waals surface area (Å²) in [6.45, 7) is 2.04. The molecule has 0 amide bonds. The molecule has 0 atom stereocenters. The number of thioether (sulfide) groups is 1. The summed E-state index contributed by atoms with van der Waals surface area (Å²) in [4.78, 5) is 1.28. The second-order valence-corrected chi connectivity index (χ2v) is 5.62. The lowest BCUT2D eigenvalue weighted by Crippen LogP contribution is -1.97. The van der Waals surface area contributed by atoms with Crippen LogP contribution in [0.4, 0.5) is 5.69 Å². The lowest BCUT2D eigenvalue weighted by molar-refractivity contribution is 1.15. The zero-order valence-electron chi connectivity index (χ0n) is 10.5. The molecule has 0 radical (unpaired) electrons. The van der Waals surface area contributed by atoms with Crippen LogP contribution in [0.1, 0.15) is 16.7 Å². The van der Waals surface area contributed by atoms with Gasteiger partial charge in [-0.2, -0.15) is 0 Å². The van der Waals surface area contributed by atoms with E-state index in [1.807, 2.05) is 13.0 Å². The van der Waals surface area contributed by atoms with Gasteiger partial charge in [-0.3, -0.25) is 0 Å². The standard InChI is InChI=1S/C15H16ClNS/c1-10-12(8-13(16)9-15(10)17)7-11-3-5-14(18-2)6-4-11/h3-6,8-9H,7,17H2,1-2H3. The molecule has 0 saturated heterocycles. The predicted molar refractivity (Wildman–Crippen MR) is 81.6 cm³/mol. The Balaban J connectivity index is 2.27. The summed E-state index contributed by atoms with van der Waals surface area (Å²) in [5.74, 6) is 0. The minimum Gasteiger partial charge on any atom is -0.398 e. The average Bonchev–Trinajstić information content (AvgIpc) is 2.36. The topological polar surface area (TPSA) is 26.0 Å². The summed E-state index contributed by atoms with van der Waals surface area (Å²) in [5, 5.41) is 0.703. The van der Waals surface area contributed by atoms with Crippen molar-refractivity contribution in [3.05, 3.63) is 58.1 Å². The first-order chi connectivity index (χ1) is 8.60. The number of hydrogen-bond donors (Lipinski definition) is 1.